The Balaban J connectivity index is 1.46. The molecule has 2 heterocycles. The fraction of sp³-hybridized carbons (Fsp3) is 0.556. The standard InChI is InChI=1S/C18H25N3O4/c1-14(20-8-10-24-11-9-20)12-19-17(22)6-7-21-15-4-2-3-5-16(15)25-13-18(21)23/h2-5,14H,6-13H2,1H3,(H,19,22)/t14-/m0/s1. The SMILES string of the molecule is C[C@@H](CNC(=O)CCN1C(=O)COc2ccccc21)N1CCOCC1. The fourth-order valence-corrected chi connectivity index (χ4v) is 3.11. The van der Waals surface area contributed by atoms with Gasteiger partial charge in [0.15, 0.2) is 6.61 Å². The zero-order valence-electron chi connectivity index (χ0n) is 14.6. The lowest BCUT2D eigenvalue weighted by atomic mass is 10.2. The Morgan fingerprint density at radius 3 is 2.84 bits per heavy atom. The van der Waals surface area contributed by atoms with Crippen molar-refractivity contribution in [3.05, 3.63) is 24.3 Å². The van der Waals surface area contributed by atoms with Crippen LogP contribution < -0.4 is 15.0 Å². The number of benzene rings is 1. The Morgan fingerprint density at radius 2 is 2.04 bits per heavy atom. The van der Waals surface area contributed by atoms with Crippen molar-refractivity contribution in [3.8, 4) is 5.75 Å². The number of para-hydroxylation sites is 2. The maximum absolute atomic E-state index is 12.2. The number of hydrogen-bond acceptors (Lipinski definition) is 5. The Hall–Kier alpha value is -2.12. The van der Waals surface area contributed by atoms with E-state index in [1.54, 1.807) is 4.90 Å². The lowest BCUT2D eigenvalue weighted by Gasteiger charge is -2.32. The van der Waals surface area contributed by atoms with Gasteiger partial charge in [-0.15, -0.1) is 0 Å². The zero-order chi connectivity index (χ0) is 17.6. The molecule has 1 saturated heterocycles. The van der Waals surface area contributed by atoms with Gasteiger partial charge in [0.2, 0.25) is 5.91 Å². The van der Waals surface area contributed by atoms with Gasteiger partial charge in [-0.25, -0.2) is 0 Å². The van der Waals surface area contributed by atoms with Gasteiger partial charge in [0.25, 0.3) is 5.91 Å². The first-order chi connectivity index (χ1) is 12.1. The Morgan fingerprint density at radius 1 is 1.28 bits per heavy atom. The molecule has 0 spiro atoms. The predicted molar refractivity (Wildman–Crippen MR) is 93.8 cm³/mol. The minimum atomic E-state index is -0.117. The Labute approximate surface area is 147 Å². The molecule has 1 aromatic rings. The van der Waals surface area contributed by atoms with Crippen LogP contribution in [0.15, 0.2) is 24.3 Å². The van der Waals surface area contributed by atoms with E-state index in [0.717, 1.165) is 32.0 Å². The molecule has 0 aliphatic carbocycles. The number of carbonyl (C=O) groups is 2. The lowest BCUT2D eigenvalue weighted by molar-refractivity contribution is -0.122. The zero-order valence-corrected chi connectivity index (χ0v) is 14.6. The summed E-state index contributed by atoms with van der Waals surface area (Å²) in [6.45, 7) is 6.38. The fourth-order valence-electron chi connectivity index (χ4n) is 3.11. The number of ether oxygens (including phenoxy) is 2. The van der Waals surface area contributed by atoms with Crippen LogP contribution in [0.2, 0.25) is 0 Å². The summed E-state index contributed by atoms with van der Waals surface area (Å²) < 4.78 is 10.8. The van der Waals surface area contributed by atoms with E-state index in [9.17, 15) is 9.59 Å². The largest absolute Gasteiger partial charge is 0.482 e. The van der Waals surface area contributed by atoms with E-state index >= 15 is 0 Å². The van der Waals surface area contributed by atoms with Crippen LogP contribution in [0.3, 0.4) is 0 Å². The molecule has 2 amide bonds. The van der Waals surface area contributed by atoms with Crippen LogP contribution in [0.1, 0.15) is 13.3 Å². The van der Waals surface area contributed by atoms with Gasteiger partial charge in [0.1, 0.15) is 5.75 Å². The second-order valence-electron chi connectivity index (χ2n) is 6.35. The number of rotatable bonds is 6. The molecule has 3 rings (SSSR count). The molecule has 1 atom stereocenters. The summed E-state index contributed by atoms with van der Waals surface area (Å²) in [4.78, 5) is 28.2. The first-order valence-corrected chi connectivity index (χ1v) is 8.76. The molecule has 0 unspecified atom stereocenters. The third kappa shape index (κ3) is 4.49. The molecule has 2 aliphatic rings. The van der Waals surface area contributed by atoms with Gasteiger partial charge in [0, 0.05) is 38.6 Å². The average Bonchev–Trinajstić information content (AvgIpc) is 2.66. The molecule has 7 nitrogen and oxygen atoms in total. The summed E-state index contributed by atoms with van der Waals surface area (Å²) in [5.41, 5.74) is 0.730. The van der Waals surface area contributed by atoms with E-state index in [2.05, 4.69) is 17.1 Å². The molecule has 7 heteroatoms. The number of morpholine rings is 1. The van der Waals surface area contributed by atoms with Crippen molar-refractivity contribution in [1.29, 1.82) is 0 Å². The third-order valence-corrected chi connectivity index (χ3v) is 4.63. The minimum Gasteiger partial charge on any atom is -0.482 e. The first kappa shape index (κ1) is 17.7. The molecule has 1 N–H and O–H groups in total. The van der Waals surface area contributed by atoms with E-state index in [4.69, 9.17) is 9.47 Å². The number of nitrogens with zero attached hydrogens (tertiary/aromatic N) is 2. The highest BCUT2D eigenvalue weighted by molar-refractivity contribution is 5.98. The van der Waals surface area contributed by atoms with Crippen LogP contribution in [0.5, 0.6) is 5.75 Å². The summed E-state index contributed by atoms with van der Waals surface area (Å²) in [6, 6.07) is 7.67. The maximum Gasteiger partial charge on any atom is 0.265 e. The van der Waals surface area contributed by atoms with Crippen molar-refractivity contribution in [2.24, 2.45) is 0 Å². The molecule has 1 fully saturated rings. The van der Waals surface area contributed by atoms with Crippen LogP contribution in [0, 0.1) is 0 Å². The Bertz CT molecular complexity index is 616. The molecule has 0 bridgehead atoms. The highest BCUT2D eigenvalue weighted by Gasteiger charge is 2.25. The van der Waals surface area contributed by atoms with E-state index in [1.165, 1.54) is 0 Å². The maximum atomic E-state index is 12.2. The third-order valence-electron chi connectivity index (χ3n) is 4.63. The van der Waals surface area contributed by atoms with Gasteiger partial charge in [-0.3, -0.25) is 14.5 Å². The van der Waals surface area contributed by atoms with Gasteiger partial charge < -0.3 is 19.7 Å². The average molecular weight is 347 g/mol. The summed E-state index contributed by atoms with van der Waals surface area (Å²) in [6.07, 6.45) is 0.274. The van der Waals surface area contributed by atoms with Gasteiger partial charge in [-0.1, -0.05) is 12.1 Å². The smallest absolute Gasteiger partial charge is 0.265 e. The number of fused-ring (bicyclic) bond motifs is 1. The van der Waals surface area contributed by atoms with Crippen molar-refractivity contribution in [1.82, 2.24) is 10.2 Å². The summed E-state index contributed by atoms with van der Waals surface area (Å²) >= 11 is 0. The van der Waals surface area contributed by atoms with Gasteiger partial charge in [-0.05, 0) is 19.1 Å². The molecular formula is C18H25N3O4. The Kier molecular flexibility index (Phi) is 5.88. The second-order valence-corrected chi connectivity index (χ2v) is 6.35. The molecule has 136 valence electrons. The lowest BCUT2D eigenvalue weighted by Crippen LogP contribution is -2.47. The van der Waals surface area contributed by atoms with Crippen LogP contribution in [-0.4, -0.2) is 68.8 Å². The van der Waals surface area contributed by atoms with E-state index in [0.29, 0.717) is 18.8 Å². The predicted octanol–water partition coefficient (Wildman–Crippen LogP) is 0.639. The second kappa shape index (κ2) is 8.31. The topological polar surface area (TPSA) is 71.1 Å². The molecular weight excluding hydrogens is 322 g/mol. The number of anilines is 1. The van der Waals surface area contributed by atoms with Crippen molar-refractivity contribution < 1.29 is 19.1 Å². The van der Waals surface area contributed by atoms with Crippen molar-refractivity contribution in [2.45, 2.75) is 19.4 Å². The summed E-state index contributed by atoms with van der Waals surface area (Å²) in [5.74, 6) is 0.522. The van der Waals surface area contributed by atoms with Crippen LogP contribution in [-0.2, 0) is 14.3 Å². The highest BCUT2D eigenvalue weighted by atomic mass is 16.5. The van der Waals surface area contributed by atoms with E-state index in [1.807, 2.05) is 24.3 Å². The normalized spacial score (nSPS) is 19.1. The molecule has 2 aliphatic heterocycles. The summed E-state index contributed by atoms with van der Waals surface area (Å²) in [7, 11) is 0. The summed E-state index contributed by atoms with van der Waals surface area (Å²) in [5, 5.41) is 2.97. The number of amides is 2. The molecule has 0 aromatic heterocycles. The molecule has 25 heavy (non-hydrogen) atoms. The van der Waals surface area contributed by atoms with Crippen LogP contribution in [0.25, 0.3) is 0 Å². The molecule has 0 saturated carbocycles. The monoisotopic (exact) mass is 347 g/mol. The van der Waals surface area contributed by atoms with Gasteiger partial charge in [0.05, 0.1) is 18.9 Å². The quantitative estimate of drug-likeness (QED) is 0.818. The number of carbonyl (C=O) groups excluding carboxylic acids is 2. The number of hydrogen-bond donors (Lipinski definition) is 1. The van der Waals surface area contributed by atoms with E-state index < -0.39 is 0 Å². The number of nitrogens with one attached hydrogen (secondary N) is 1. The van der Waals surface area contributed by atoms with Crippen LogP contribution in [0.4, 0.5) is 5.69 Å². The van der Waals surface area contributed by atoms with Crippen molar-refractivity contribution in [3.63, 3.8) is 0 Å². The van der Waals surface area contributed by atoms with Gasteiger partial charge in [-0.2, -0.15) is 0 Å². The van der Waals surface area contributed by atoms with Gasteiger partial charge >= 0.3 is 0 Å². The minimum absolute atomic E-state index is 0.0205. The highest BCUT2D eigenvalue weighted by Crippen LogP contribution is 2.31. The molecule has 0 radical (unpaired) electrons. The van der Waals surface area contributed by atoms with Crippen molar-refractivity contribution >= 4 is 17.5 Å². The van der Waals surface area contributed by atoms with Crippen LogP contribution >= 0.6 is 0 Å². The van der Waals surface area contributed by atoms with Crippen molar-refractivity contribution in [2.75, 3.05) is 50.9 Å². The van der Waals surface area contributed by atoms with E-state index in [-0.39, 0.29) is 30.9 Å². The first-order valence-electron chi connectivity index (χ1n) is 8.76. The molecule has 1 aromatic carbocycles.